The van der Waals surface area contributed by atoms with Gasteiger partial charge in [-0.05, 0) is 18.2 Å². The molecule has 0 fully saturated rings. The average Bonchev–Trinajstić information content (AvgIpc) is 2.49. The number of non-ortho nitro benzene ring substituents is 1. The highest BCUT2D eigenvalue weighted by atomic mass is 35.5. The van der Waals surface area contributed by atoms with Gasteiger partial charge >= 0.3 is 0 Å². The Morgan fingerprint density at radius 2 is 1.71 bits per heavy atom. The summed E-state index contributed by atoms with van der Waals surface area (Å²) in [7, 11) is 0. The van der Waals surface area contributed by atoms with Crippen molar-refractivity contribution < 1.29 is 14.5 Å². The lowest BCUT2D eigenvalue weighted by molar-refractivity contribution is -0.384. The van der Waals surface area contributed by atoms with Gasteiger partial charge in [0, 0.05) is 17.2 Å². The minimum absolute atomic E-state index is 0.0553. The number of anilines is 1. The summed E-state index contributed by atoms with van der Waals surface area (Å²) < 4.78 is 5.27. The zero-order valence-corrected chi connectivity index (χ0v) is 14.7. The Kier molecular flexibility index (Phi) is 6.12. The molecule has 2 rings (SSSR count). The molecule has 0 radical (unpaired) electrons. The number of ether oxygens (including phenoxy) is 1. The molecule has 6 nitrogen and oxygen atoms in total. The Hall–Kier alpha value is -1.73. The predicted octanol–water partition coefficient (Wildman–Crippen LogP) is 5.23. The number of carbonyl (C=O) groups excluding carboxylic acids is 1. The fraction of sp³-hybridized carbons (Fsp3) is 0.0714. The first-order valence-electron chi connectivity index (χ1n) is 6.29. The molecule has 0 aromatic heterocycles. The molecule has 0 bridgehead atoms. The van der Waals surface area contributed by atoms with Crippen LogP contribution in [-0.2, 0) is 4.79 Å². The fourth-order valence-electron chi connectivity index (χ4n) is 1.70. The molecule has 1 amide bonds. The van der Waals surface area contributed by atoms with Gasteiger partial charge in [0.1, 0.15) is 5.75 Å². The standard InChI is InChI=1S/C14H8Cl4N2O4/c15-7-1-2-12(9(16)3-7)24-6-13(21)19-14-10(17)4-8(20(22)23)5-11(14)18/h1-5H,6H2,(H,19,21). The maximum atomic E-state index is 11.9. The molecule has 0 heterocycles. The zero-order chi connectivity index (χ0) is 17.9. The quantitative estimate of drug-likeness (QED) is 0.541. The van der Waals surface area contributed by atoms with Crippen LogP contribution in [0.5, 0.6) is 5.75 Å². The number of nitrogens with one attached hydrogen (secondary N) is 1. The van der Waals surface area contributed by atoms with Crippen LogP contribution in [0.15, 0.2) is 30.3 Å². The van der Waals surface area contributed by atoms with Crippen molar-refractivity contribution in [3.8, 4) is 5.75 Å². The van der Waals surface area contributed by atoms with Gasteiger partial charge in [0.2, 0.25) is 0 Å². The first kappa shape index (κ1) is 18.6. The maximum absolute atomic E-state index is 11.9. The highest BCUT2D eigenvalue weighted by Gasteiger charge is 2.17. The third-order valence-electron chi connectivity index (χ3n) is 2.75. The summed E-state index contributed by atoms with van der Waals surface area (Å²) in [6.45, 7) is -0.370. The molecular formula is C14H8Cl4N2O4. The van der Waals surface area contributed by atoms with Crippen molar-refractivity contribution in [1.29, 1.82) is 0 Å². The molecule has 24 heavy (non-hydrogen) atoms. The summed E-state index contributed by atoms with van der Waals surface area (Å²) in [6, 6.07) is 6.72. The van der Waals surface area contributed by atoms with E-state index in [0.29, 0.717) is 5.02 Å². The smallest absolute Gasteiger partial charge is 0.272 e. The monoisotopic (exact) mass is 408 g/mol. The van der Waals surface area contributed by atoms with Crippen molar-refractivity contribution in [3.05, 3.63) is 60.5 Å². The number of hydrogen-bond donors (Lipinski definition) is 1. The molecule has 2 aromatic carbocycles. The van der Waals surface area contributed by atoms with E-state index in [1.54, 1.807) is 6.07 Å². The Balaban J connectivity index is 2.06. The molecule has 0 unspecified atom stereocenters. The van der Waals surface area contributed by atoms with Crippen LogP contribution in [0.2, 0.25) is 20.1 Å². The van der Waals surface area contributed by atoms with Gasteiger partial charge in [0.25, 0.3) is 11.6 Å². The molecule has 2 aromatic rings. The third-order valence-corrected chi connectivity index (χ3v) is 3.88. The van der Waals surface area contributed by atoms with E-state index in [4.69, 9.17) is 51.1 Å². The highest BCUT2D eigenvalue weighted by Crippen LogP contribution is 2.34. The summed E-state index contributed by atoms with van der Waals surface area (Å²) in [6.07, 6.45) is 0. The molecule has 1 N–H and O–H groups in total. The van der Waals surface area contributed by atoms with Gasteiger partial charge in [0.15, 0.2) is 6.61 Å². The van der Waals surface area contributed by atoms with Gasteiger partial charge in [-0.1, -0.05) is 46.4 Å². The second kappa shape index (κ2) is 7.90. The summed E-state index contributed by atoms with van der Waals surface area (Å²) in [5.74, 6) is -0.296. The van der Waals surface area contributed by atoms with Gasteiger partial charge in [-0.3, -0.25) is 14.9 Å². The molecular weight excluding hydrogens is 402 g/mol. The summed E-state index contributed by atoms with van der Waals surface area (Å²) in [5, 5.41) is 13.7. The van der Waals surface area contributed by atoms with Crippen molar-refractivity contribution >= 4 is 63.7 Å². The Labute approximate surface area is 156 Å². The molecule has 0 atom stereocenters. The van der Waals surface area contributed by atoms with Crippen LogP contribution < -0.4 is 10.1 Å². The molecule has 0 saturated carbocycles. The summed E-state index contributed by atoms with van der Waals surface area (Å²) >= 11 is 23.5. The average molecular weight is 410 g/mol. The van der Waals surface area contributed by atoms with Gasteiger partial charge < -0.3 is 10.1 Å². The van der Waals surface area contributed by atoms with E-state index in [2.05, 4.69) is 5.32 Å². The Bertz CT molecular complexity index is 790. The number of nitro benzene ring substituents is 1. The van der Waals surface area contributed by atoms with Crippen LogP contribution in [-0.4, -0.2) is 17.4 Å². The van der Waals surface area contributed by atoms with Gasteiger partial charge in [-0.2, -0.15) is 0 Å². The first-order valence-corrected chi connectivity index (χ1v) is 7.80. The minimum atomic E-state index is -0.644. The van der Waals surface area contributed by atoms with E-state index < -0.39 is 10.8 Å². The molecule has 126 valence electrons. The number of halogens is 4. The predicted molar refractivity (Wildman–Crippen MR) is 93.7 cm³/mol. The van der Waals surface area contributed by atoms with E-state index in [9.17, 15) is 14.9 Å². The zero-order valence-electron chi connectivity index (χ0n) is 11.7. The number of nitro groups is 1. The van der Waals surface area contributed by atoms with Crippen molar-refractivity contribution in [1.82, 2.24) is 0 Å². The topological polar surface area (TPSA) is 81.5 Å². The molecule has 10 heteroatoms. The number of amides is 1. The Morgan fingerprint density at radius 3 is 2.25 bits per heavy atom. The molecule has 0 aliphatic carbocycles. The largest absolute Gasteiger partial charge is 0.482 e. The van der Waals surface area contributed by atoms with Crippen LogP contribution in [0.1, 0.15) is 0 Å². The van der Waals surface area contributed by atoms with Crippen LogP contribution in [0.3, 0.4) is 0 Å². The van der Waals surface area contributed by atoms with E-state index >= 15 is 0 Å². The molecule has 0 spiro atoms. The molecule has 0 aliphatic rings. The van der Waals surface area contributed by atoms with Gasteiger partial charge in [-0.25, -0.2) is 0 Å². The van der Waals surface area contributed by atoms with Gasteiger partial charge in [0.05, 0.1) is 25.7 Å². The SMILES string of the molecule is O=C(COc1ccc(Cl)cc1Cl)Nc1c(Cl)cc([N+](=O)[O-])cc1Cl. The highest BCUT2D eigenvalue weighted by molar-refractivity contribution is 6.40. The molecule has 0 saturated heterocycles. The van der Waals surface area contributed by atoms with E-state index in [-0.39, 0.29) is 38.8 Å². The second-order valence-corrected chi connectivity index (χ2v) is 6.11. The lowest BCUT2D eigenvalue weighted by Crippen LogP contribution is -2.20. The fourth-order valence-corrected chi connectivity index (χ4v) is 2.73. The van der Waals surface area contributed by atoms with Crippen LogP contribution in [0, 0.1) is 10.1 Å². The number of carbonyl (C=O) groups is 1. The van der Waals surface area contributed by atoms with Crippen LogP contribution >= 0.6 is 46.4 Å². The number of hydrogen-bond acceptors (Lipinski definition) is 4. The minimum Gasteiger partial charge on any atom is -0.482 e. The normalized spacial score (nSPS) is 10.3. The van der Waals surface area contributed by atoms with Crippen molar-refractivity contribution in [3.63, 3.8) is 0 Å². The van der Waals surface area contributed by atoms with E-state index in [1.807, 2.05) is 0 Å². The molecule has 0 aliphatic heterocycles. The Morgan fingerprint density at radius 1 is 1.08 bits per heavy atom. The first-order chi connectivity index (χ1) is 11.3. The lowest BCUT2D eigenvalue weighted by atomic mass is 10.2. The van der Waals surface area contributed by atoms with Gasteiger partial charge in [-0.15, -0.1) is 0 Å². The van der Waals surface area contributed by atoms with E-state index in [1.165, 1.54) is 12.1 Å². The van der Waals surface area contributed by atoms with Crippen molar-refractivity contribution in [2.75, 3.05) is 11.9 Å². The maximum Gasteiger partial charge on any atom is 0.272 e. The van der Waals surface area contributed by atoms with Crippen molar-refractivity contribution in [2.45, 2.75) is 0 Å². The van der Waals surface area contributed by atoms with E-state index in [0.717, 1.165) is 12.1 Å². The van der Waals surface area contributed by atoms with Crippen LogP contribution in [0.25, 0.3) is 0 Å². The second-order valence-electron chi connectivity index (χ2n) is 4.45. The summed E-state index contributed by atoms with van der Waals surface area (Å²) in [4.78, 5) is 22.0. The third kappa shape index (κ3) is 4.64. The number of benzene rings is 2. The number of rotatable bonds is 5. The lowest BCUT2D eigenvalue weighted by Gasteiger charge is -2.11. The van der Waals surface area contributed by atoms with Crippen LogP contribution in [0.4, 0.5) is 11.4 Å². The summed E-state index contributed by atoms with van der Waals surface area (Å²) in [5.41, 5.74) is -0.230. The number of nitrogens with zero attached hydrogens (tertiary/aromatic N) is 1. The van der Waals surface area contributed by atoms with Crippen molar-refractivity contribution in [2.24, 2.45) is 0 Å².